The zero-order chi connectivity index (χ0) is 12.6. The first-order valence-electron chi connectivity index (χ1n) is 4.29. The van der Waals surface area contributed by atoms with Crippen LogP contribution >= 0.6 is 0 Å². The molecule has 0 bridgehead atoms. The Morgan fingerprint density at radius 1 is 1.18 bits per heavy atom. The molecule has 17 heavy (non-hydrogen) atoms. The third-order valence-corrected chi connectivity index (χ3v) is 1.95. The average Bonchev–Trinajstić information content (AvgIpc) is 2.85. The van der Waals surface area contributed by atoms with Gasteiger partial charge in [-0.05, 0) is 6.07 Å². The van der Waals surface area contributed by atoms with Gasteiger partial charge in [-0.3, -0.25) is 10.2 Å². The van der Waals surface area contributed by atoms with Crippen molar-refractivity contribution >= 4 is 5.97 Å². The molecule has 90 valence electrons. The summed E-state index contributed by atoms with van der Waals surface area (Å²) in [5, 5.41) is 19.5. The number of aromatic amines is 2. The van der Waals surface area contributed by atoms with Crippen molar-refractivity contribution in [2.24, 2.45) is 0 Å². The van der Waals surface area contributed by atoms with Gasteiger partial charge in [-0.15, -0.1) is 0 Å². The Hall–Kier alpha value is -2.32. The lowest BCUT2D eigenvalue weighted by Crippen LogP contribution is -2.04. The third kappa shape index (κ3) is 2.12. The molecule has 2 aromatic rings. The number of nitrogens with one attached hydrogen (secondary N) is 2. The van der Waals surface area contributed by atoms with Crippen LogP contribution in [0.5, 0.6) is 0 Å². The van der Waals surface area contributed by atoms with Crippen LogP contribution in [0.15, 0.2) is 12.1 Å². The molecule has 0 atom stereocenters. The van der Waals surface area contributed by atoms with E-state index in [0.29, 0.717) is 0 Å². The monoisotopic (exact) mass is 246 g/mol. The van der Waals surface area contributed by atoms with Crippen molar-refractivity contribution in [2.45, 2.75) is 6.18 Å². The number of carboxylic acids is 1. The molecule has 0 saturated heterocycles. The van der Waals surface area contributed by atoms with Crippen LogP contribution in [-0.4, -0.2) is 31.5 Å². The maximum absolute atomic E-state index is 12.3. The average molecular weight is 246 g/mol. The molecule has 2 rings (SSSR count). The first kappa shape index (κ1) is 11.2. The van der Waals surface area contributed by atoms with Gasteiger partial charge in [0.2, 0.25) is 0 Å². The van der Waals surface area contributed by atoms with Crippen molar-refractivity contribution in [2.75, 3.05) is 0 Å². The molecular formula is C8H5F3N4O2. The summed E-state index contributed by atoms with van der Waals surface area (Å²) in [4.78, 5) is 10.5. The molecule has 0 saturated carbocycles. The number of hydrogen-bond donors (Lipinski definition) is 3. The number of aromatic carboxylic acids is 1. The predicted octanol–water partition coefficient (Wildman–Crippen LogP) is 1.52. The number of halogens is 3. The second kappa shape index (κ2) is 3.61. The van der Waals surface area contributed by atoms with E-state index < -0.39 is 17.8 Å². The Morgan fingerprint density at radius 2 is 1.76 bits per heavy atom. The van der Waals surface area contributed by atoms with E-state index in [1.165, 1.54) is 0 Å². The molecule has 0 radical (unpaired) electrons. The number of carboxylic acid groups (broad SMARTS) is 1. The van der Waals surface area contributed by atoms with Crippen LogP contribution in [0.3, 0.4) is 0 Å². The Bertz CT molecular complexity index is 557. The second-order valence-electron chi connectivity index (χ2n) is 3.14. The van der Waals surface area contributed by atoms with Gasteiger partial charge in [0, 0.05) is 6.07 Å². The zero-order valence-corrected chi connectivity index (χ0v) is 8.04. The Morgan fingerprint density at radius 3 is 2.24 bits per heavy atom. The number of H-pyrrole nitrogens is 2. The molecule has 0 aliphatic rings. The minimum absolute atomic E-state index is 0.0224. The SMILES string of the molecule is O=C(O)c1cc(-c2cc(C(F)(F)F)[nH]n2)n[nH]1. The number of hydrogen-bond acceptors (Lipinski definition) is 3. The maximum atomic E-state index is 12.3. The molecule has 0 aromatic carbocycles. The highest BCUT2D eigenvalue weighted by atomic mass is 19.4. The minimum Gasteiger partial charge on any atom is -0.477 e. The van der Waals surface area contributed by atoms with E-state index in [1.807, 2.05) is 0 Å². The van der Waals surface area contributed by atoms with E-state index in [1.54, 1.807) is 5.10 Å². The van der Waals surface area contributed by atoms with Crippen molar-refractivity contribution in [1.82, 2.24) is 20.4 Å². The van der Waals surface area contributed by atoms with Gasteiger partial charge in [0.25, 0.3) is 0 Å². The molecule has 2 heterocycles. The highest BCUT2D eigenvalue weighted by Gasteiger charge is 2.33. The van der Waals surface area contributed by atoms with Gasteiger partial charge < -0.3 is 5.11 Å². The van der Waals surface area contributed by atoms with Gasteiger partial charge in [-0.1, -0.05) is 0 Å². The quantitative estimate of drug-likeness (QED) is 0.748. The molecule has 0 spiro atoms. The highest BCUT2D eigenvalue weighted by Crippen LogP contribution is 2.29. The van der Waals surface area contributed by atoms with E-state index in [9.17, 15) is 18.0 Å². The summed E-state index contributed by atoms with van der Waals surface area (Å²) in [6.07, 6.45) is -4.53. The first-order valence-corrected chi connectivity index (χ1v) is 4.29. The van der Waals surface area contributed by atoms with Gasteiger partial charge in [0.15, 0.2) is 0 Å². The Balaban J connectivity index is 2.34. The Kier molecular flexibility index (Phi) is 2.37. The zero-order valence-electron chi connectivity index (χ0n) is 8.04. The van der Waals surface area contributed by atoms with Gasteiger partial charge in [0.05, 0.1) is 0 Å². The maximum Gasteiger partial charge on any atom is 0.432 e. The molecular weight excluding hydrogens is 241 g/mol. The Labute approximate surface area is 91.5 Å². The fourth-order valence-electron chi connectivity index (χ4n) is 1.16. The lowest BCUT2D eigenvalue weighted by Gasteiger charge is -1.99. The third-order valence-electron chi connectivity index (χ3n) is 1.95. The molecule has 0 aliphatic heterocycles. The molecule has 0 unspecified atom stereocenters. The van der Waals surface area contributed by atoms with Crippen LogP contribution in [0.1, 0.15) is 16.2 Å². The number of carbonyl (C=O) groups is 1. The van der Waals surface area contributed by atoms with Crippen molar-refractivity contribution in [1.29, 1.82) is 0 Å². The largest absolute Gasteiger partial charge is 0.477 e. The number of nitrogens with zero attached hydrogens (tertiary/aromatic N) is 2. The van der Waals surface area contributed by atoms with Crippen LogP contribution in [0.4, 0.5) is 13.2 Å². The summed E-state index contributed by atoms with van der Waals surface area (Å²) in [6.45, 7) is 0. The number of rotatable bonds is 2. The van der Waals surface area contributed by atoms with Crippen LogP contribution in [0, 0.1) is 0 Å². The molecule has 0 fully saturated rings. The van der Waals surface area contributed by atoms with Crippen molar-refractivity contribution < 1.29 is 23.1 Å². The van der Waals surface area contributed by atoms with Gasteiger partial charge in [0.1, 0.15) is 22.8 Å². The van der Waals surface area contributed by atoms with Gasteiger partial charge >= 0.3 is 12.1 Å². The van der Waals surface area contributed by atoms with Crippen molar-refractivity contribution in [3.05, 3.63) is 23.5 Å². The number of alkyl halides is 3. The summed E-state index contributed by atoms with van der Waals surface area (Å²) in [5.74, 6) is -1.25. The smallest absolute Gasteiger partial charge is 0.432 e. The van der Waals surface area contributed by atoms with Crippen molar-refractivity contribution in [3.63, 3.8) is 0 Å². The summed E-state index contributed by atoms with van der Waals surface area (Å²) in [7, 11) is 0. The second-order valence-corrected chi connectivity index (χ2v) is 3.14. The van der Waals surface area contributed by atoms with E-state index in [-0.39, 0.29) is 17.1 Å². The molecule has 9 heteroatoms. The van der Waals surface area contributed by atoms with Gasteiger partial charge in [-0.2, -0.15) is 23.4 Å². The summed E-state index contributed by atoms with van der Waals surface area (Å²) >= 11 is 0. The van der Waals surface area contributed by atoms with Crippen LogP contribution < -0.4 is 0 Å². The van der Waals surface area contributed by atoms with E-state index in [2.05, 4.69) is 15.3 Å². The molecule has 0 aliphatic carbocycles. The summed E-state index contributed by atoms with van der Waals surface area (Å²) < 4.78 is 36.8. The van der Waals surface area contributed by atoms with E-state index in [0.717, 1.165) is 12.1 Å². The molecule has 6 nitrogen and oxygen atoms in total. The topological polar surface area (TPSA) is 94.7 Å². The lowest BCUT2D eigenvalue weighted by molar-refractivity contribution is -0.141. The fourth-order valence-corrected chi connectivity index (χ4v) is 1.16. The van der Waals surface area contributed by atoms with E-state index in [4.69, 9.17) is 5.11 Å². The molecule has 3 N–H and O–H groups in total. The fraction of sp³-hybridized carbons (Fsp3) is 0.125. The summed E-state index contributed by atoms with van der Waals surface area (Å²) in [5.41, 5.74) is -1.31. The number of aromatic nitrogens is 4. The lowest BCUT2D eigenvalue weighted by atomic mass is 10.2. The minimum atomic E-state index is -4.53. The van der Waals surface area contributed by atoms with Crippen molar-refractivity contribution in [3.8, 4) is 11.4 Å². The van der Waals surface area contributed by atoms with Gasteiger partial charge in [-0.25, -0.2) is 4.79 Å². The van der Waals surface area contributed by atoms with Crippen LogP contribution in [0.2, 0.25) is 0 Å². The predicted molar refractivity (Wildman–Crippen MR) is 48.1 cm³/mol. The van der Waals surface area contributed by atoms with E-state index >= 15 is 0 Å². The molecule has 2 aromatic heterocycles. The first-order chi connectivity index (χ1) is 7.88. The van der Waals surface area contributed by atoms with Crippen LogP contribution in [0.25, 0.3) is 11.4 Å². The normalized spacial score (nSPS) is 11.7. The highest BCUT2D eigenvalue weighted by molar-refractivity contribution is 5.86. The van der Waals surface area contributed by atoms with Crippen LogP contribution in [-0.2, 0) is 6.18 Å². The standard InChI is InChI=1S/C8H5F3N4O2/c9-8(10,11)6-2-4(13-15-6)3-1-5(7(16)17)14-12-3/h1-2H,(H,12,14)(H,13,15)(H,16,17). The summed E-state index contributed by atoms with van der Waals surface area (Å²) in [6, 6.07) is 1.85. The molecule has 0 amide bonds.